The van der Waals surface area contributed by atoms with Gasteiger partial charge in [-0.1, -0.05) is 32.4 Å². The molecule has 7 nitrogen and oxygen atoms in total. The van der Waals surface area contributed by atoms with Gasteiger partial charge < -0.3 is 13.9 Å². The number of rotatable bonds is 5. The van der Waals surface area contributed by atoms with Crippen molar-refractivity contribution in [2.24, 2.45) is 0 Å². The van der Waals surface area contributed by atoms with Gasteiger partial charge in [0, 0.05) is 11.5 Å². The first-order valence-electron chi connectivity index (χ1n) is 7.52. The van der Waals surface area contributed by atoms with E-state index in [4.69, 9.17) is 25.5 Å². The average molecular weight is 373 g/mol. The number of carbonyl (C=O) groups excluding carboxylic acids is 1. The smallest absolute Gasteiger partial charge is 0.442 e. The SMILES string of the molecule is CCOC(=O)COc1cc(-n2nc(C(C)(C)C)oc2=O)c(F)cc1Cl. The second-order valence-corrected chi connectivity index (χ2v) is 6.57. The molecule has 25 heavy (non-hydrogen) atoms. The van der Waals surface area contributed by atoms with Crippen molar-refractivity contribution in [3.05, 3.63) is 39.4 Å². The number of ether oxygens (including phenoxy) is 2. The Morgan fingerprint density at radius 2 is 2.08 bits per heavy atom. The Labute approximate surface area is 148 Å². The first-order valence-corrected chi connectivity index (χ1v) is 7.89. The minimum atomic E-state index is -0.845. The molecule has 0 radical (unpaired) electrons. The fourth-order valence-corrected chi connectivity index (χ4v) is 2.07. The van der Waals surface area contributed by atoms with Crippen LogP contribution in [0.4, 0.5) is 4.39 Å². The third kappa shape index (κ3) is 4.39. The van der Waals surface area contributed by atoms with Crippen LogP contribution in [0.2, 0.25) is 5.02 Å². The zero-order valence-corrected chi connectivity index (χ0v) is 15.0. The van der Waals surface area contributed by atoms with Gasteiger partial charge in [-0.3, -0.25) is 0 Å². The van der Waals surface area contributed by atoms with Crippen molar-refractivity contribution >= 4 is 17.6 Å². The highest BCUT2D eigenvalue weighted by Crippen LogP contribution is 2.29. The largest absolute Gasteiger partial charge is 0.480 e. The van der Waals surface area contributed by atoms with Crippen molar-refractivity contribution < 1.29 is 23.1 Å². The van der Waals surface area contributed by atoms with Gasteiger partial charge in [0.15, 0.2) is 12.4 Å². The normalized spacial score (nSPS) is 11.4. The molecule has 0 unspecified atom stereocenters. The summed E-state index contributed by atoms with van der Waals surface area (Å²) in [6.07, 6.45) is 0. The Balaban J connectivity index is 2.39. The fraction of sp³-hybridized carbons (Fsp3) is 0.438. The van der Waals surface area contributed by atoms with Gasteiger partial charge in [-0.15, -0.1) is 5.10 Å². The van der Waals surface area contributed by atoms with Gasteiger partial charge in [0.05, 0.1) is 11.6 Å². The molecule has 136 valence electrons. The van der Waals surface area contributed by atoms with Crippen molar-refractivity contribution in [3.63, 3.8) is 0 Å². The van der Waals surface area contributed by atoms with Crippen molar-refractivity contribution in [1.82, 2.24) is 9.78 Å². The lowest BCUT2D eigenvalue weighted by atomic mass is 9.97. The number of carbonyl (C=O) groups is 1. The molecule has 0 bridgehead atoms. The molecule has 0 spiro atoms. The predicted octanol–water partition coefficient (Wildman–Crippen LogP) is 2.86. The fourth-order valence-electron chi connectivity index (χ4n) is 1.86. The molecule has 0 saturated carbocycles. The molecule has 1 heterocycles. The van der Waals surface area contributed by atoms with E-state index in [-0.39, 0.29) is 29.0 Å². The Morgan fingerprint density at radius 1 is 1.40 bits per heavy atom. The van der Waals surface area contributed by atoms with Crippen LogP contribution < -0.4 is 10.5 Å². The summed E-state index contributed by atoms with van der Waals surface area (Å²) in [5, 5.41) is 3.96. The molecule has 0 fully saturated rings. The lowest BCUT2D eigenvalue weighted by molar-refractivity contribution is -0.145. The highest BCUT2D eigenvalue weighted by Gasteiger charge is 2.24. The van der Waals surface area contributed by atoms with Crippen LogP contribution in [0.15, 0.2) is 21.3 Å². The molecular weight excluding hydrogens is 355 g/mol. The maximum absolute atomic E-state index is 14.2. The highest BCUT2D eigenvalue weighted by atomic mass is 35.5. The lowest BCUT2D eigenvalue weighted by Crippen LogP contribution is -2.17. The van der Waals surface area contributed by atoms with Gasteiger partial charge in [0.1, 0.15) is 11.4 Å². The van der Waals surface area contributed by atoms with Crippen molar-refractivity contribution in [1.29, 1.82) is 0 Å². The minimum absolute atomic E-state index is 0.0123. The molecule has 1 aromatic carbocycles. The quantitative estimate of drug-likeness (QED) is 0.750. The molecule has 0 aliphatic heterocycles. The molecule has 0 atom stereocenters. The standard InChI is InChI=1S/C16H18ClFN2O5/c1-5-23-13(21)8-24-12-7-11(10(18)6-9(12)17)20-15(22)25-14(19-20)16(2,3)4/h6-7H,5,8H2,1-4H3. The van der Waals surface area contributed by atoms with Crippen molar-refractivity contribution in [2.75, 3.05) is 13.2 Å². The topological polar surface area (TPSA) is 83.6 Å². The molecular formula is C16H18ClFN2O5. The number of hydrogen-bond acceptors (Lipinski definition) is 6. The van der Waals surface area contributed by atoms with Crippen molar-refractivity contribution in [3.8, 4) is 11.4 Å². The van der Waals surface area contributed by atoms with E-state index in [1.807, 2.05) is 0 Å². The van der Waals surface area contributed by atoms with Crippen LogP contribution in [-0.2, 0) is 14.9 Å². The Bertz CT molecular complexity index is 838. The summed E-state index contributed by atoms with van der Waals surface area (Å²) < 4.78 is 30.1. The molecule has 0 N–H and O–H groups in total. The zero-order chi connectivity index (χ0) is 18.8. The van der Waals surface area contributed by atoms with E-state index >= 15 is 0 Å². The summed E-state index contributed by atoms with van der Waals surface area (Å²) >= 11 is 5.92. The summed E-state index contributed by atoms with van der Waals surface area (Å²) in [5.41, 5.74) is -0.733. The van der Waals surface area contributed by atoms with Crippen LogP contribution in [0.3, 0.4) is 0 Å². The van der Waals surface area contributed by atoms with Crippen LogP contribution >= 0.6 is 11.6 Å². The first-order chi connectivity index (χ1) is 11.6. The maximum atomic E-state index is 14.2. The Morgan fingerprint density at radius 3 is 2.64 bits per heavy atom. The van der Waals surface area contributed by atoms with Crippen LogP contribution in [-0.4, -0.2) is 29.0 Å². The number of benzene rings is 1. The molecule has 0 saturated heterocycles. The van der Waals surface area contributed by atoms with Crippen LogP contribution in [0.25, 0.3) is 5.69 Å². The van der Waals surface area contributed by atoms with E-state index in [1.165, 1.54) is 6.07 Å². The Kier molecular flexibility index (Phi) is 5.52. The van der Waals surface area contributed by atoms with Crippen molar-refractivity contribution in [2.45, 2.75) is 33.1 Å². The number of nitrogens with zero attached hydrogens (tertiary/aromatic N) is 2. The van der Waals surface area contributed by atoms with E-state index in [0.29, 0.717) is 0 Å². The summed E-state index contributed by atoms with van der Waals surface area (Å²) in [6.45, 7) is 6.86. The Hall–Kier alpha value is -2.35. The van der Waals surface area contributed by atoms with Gasteiger partial charge in [-0.05, 0) is 13.0 Å². The molecule has 9 heteroatoms. The second kappa shape index (κ2) is 7.26. The monoisotopic (exact) mass is 372 g/mol. The van der Waals surface area contributed by atoms with Gasteiger partial charge in [-0.25, -0.2) is 14.0 Å². The summed E-state index contributed by atoms with van der Waals surface area (Å²) in [5.74, 6) is -2.07. The van der Waals surface area contributed by atoms with Crippen LogP contribution in [0, 0.1) is 5.82 Å². The molecule has 1 aromatic heterocycles. The van der Waals surface area contributed by atoms with E-state index in [2.05, 4.69) is 5.10 Å². The summed E-state index contributed by atoms with van der Waals surface area (Å²) in [7, 11) is 0. The van der Waals surface area contributed by atoms with Gasteiger partial charge in [0.2, 0.25) is 5.89 Å². The molecule has 0 aliphatic carbocycles. The van der Waals surface area contributed by atoms with E-state index in [9.17, 15) is 14.0 Å². The summed E-state index contributed by atoms with van der Waals surface area (Å²) in [6, 6.07) is 2.14. The van der Waals surface area contributed by atoms with Crippen LogP contribution in [0.5, 0.6) is 5.75 Å². The predicted molar refractivity (Wildman–Crippen MR) is 87.9 cm³/mol. The molecule has 0 aliphatic rings. The molecule has 0 amide bonds. The third-order valence-corrected chi connectivity index (χ3v) is 3.37. The maximum Gasteiger partial charge on any atom is 0.442 e. The summed E-state index contributed by atoms with van der Waals surface area (Å²) in [4.78, 5) is 23.4. The third-order valence-electron chi connectivity index (χ3n) is 3.07. The van der Waals surface area contributed by atoms with E-state index in [1.54, 1.807) is 27.7 Å². The number of hydrogen-bond donors (Lipinski definition) is 0. The highest BCUT2D eigenvalue weighted by molar-refractivity contribution is 6.32. The van der Waals surface area contributed by atoms with Gasteiger partial charge in [0.25, 0.3) is 0 Å². The minimum Gasteiger partial charge on any atom is -0.480 e. The lowest BCUT2D eigenvalue weighted by Gasteiger charge is -2.11. The zero-order valence-electron chi connectivity index (χ0n) is 14.3. The van der Waals surface area contributed by atoms with Crippen LogP contribution in [0.1, 0.15) is 33.6 Å². The number of aromatic nitrogens is 2. The second-order valence-electron chi connectivity index (χ2n) is 6.16. The van der Waals surface area contributed by atoms with E-state index in [0.717, 1.165) is 10.7 Å². The van der Waals surface area contributed by atoms with Gasteiger partial charge >= 0.3 is 11.7 Å². The number of halogens is 2. The molecule has 2 rings (SSSR count). The van der Waals surface area contributed by atoms with E-state index < -0.39 is 29.6 Å². The number of esters is 1. The average Bonchev–Trinajstić information content (AvgIpc) is 2.89. The molecule has 2 aromatic rings. The van der Waals surface area contributed by atoms with Gasteiger partial charge in [-0.2, -0.15) is 4.68 Å². The first kappa shape index (κ1) is 19.0.